The maximum Gasteiger partial charge on any atom is 0.296 e. The lowest BCUT2D eigenvalue weighted by molar-refractivity contribution is -0.112. The largest absolute Gasteiger partial charge is 0.341 e. The van der Waals surface area contributed by atoms with Crippen LogP contribution in [0.5, 0.6) is 0 Å². The number of carbonyl (C=O) groups is 2. The molecule has 2 N–H and O–H groups in total. The van der Waals surface area contributed by atoms with E-state index in [4.69, 9.17) is 0 Å². The molecule has 0 saturated heterocycles. The number of amides is 1. The number of H-pyrrole nitrogens is 1. The Balaban J connectivity index is 1.73. The van der Waals surface area contributed by atoms with Gasteiger partial charge in [-0.05, 0) is 18.2 Å². The predicted molar refractivity (Wildman–Crippen MR) is 75.2 cm³/mol. The van der Waals surface area contributed by atoms with Crippen LogP contribution in [0.4, 0.5) is 5.69 Å². The van der Waals surface area contributed by atoms with E-state index in [0.717, 1.165) is 15.4 Å². The number of nitrogens with one attached hydrogen (secondary N) is 2. The summed E-state index contributed by atoms with van der Waals surface area (Å²) in [5.41, 5.74) is 2.28. The smallest absolute Gasteiger partial charge is 0.296 e. The second kappa shape index (κ2) is 4.38. The van der Waals surface area contributed by atoms with E-state index in [1.54, 1.807) is 24.5 Å². The molecule has 0 unspecified atom stereocenters. The summed E-state index contributed by atoms with van der Waals surface area (Å²) in [4.78, 5) is 39.1. The average Bonchev–Trinajstić information content (AvgIpc) is 3.05. The van der Waals surface area contributed by atoms with E-state index < -0.39 is 11.7 Å². The number of carbonyl (C=O) groups excluding carboxylic acids is 2. The Morgan fingerprint density at radius 3 is 2.90 bits per heavy atom. The number of imidazole rings is 1. The summed E-state index contributed by atoms with van der Waals surface area (Å²) in [6.45, 7) is 0. The molecule has 21 heavy (non-hydrogen) atoms. The molecule has 2 aromatic heterocycles. The maximum atomic E-state index is 11.6. The molecule has 102 valence electrons. The SMILES string of the molecule is O=C1Nc2cc(Sc3ncnc4nc[nH]c34)ccc2C1=O. The first-order valence-electron chi connectivity index (χ1n) is 6.04. The molecule has 1 aliphatic heterocycles. The molecule has 0 radical (unpaired) electrons. The Morgan fingerprint density at radius 1 is 1.10 bits per heavy atom. The Hall–Kier alpha value is -2.74. The van der Waals surface area contributed by atoms with Crippen LogP contribution < -0.4 is 5.32 Å². The van der Waals surface area contributed by atoms with Crippen LogP contribution in [0.1, 0.15) is 10.4 Å². The van der Waals surface area contributed by atoms with Gasteiger partial charge in [0.1, 0.15) is 16.9 Å². The maximum absolute atomic E-state index is 11.6. The van der Waals surface area contributed by atoms with Gasteiger partial charge in [-0.1, -0.05) is 11.8 Å². The third-order valence-corrected chi connectivity index (χ3v) is 4.09. The van der Waals surface area contributed by atoms with Crippen molar-refractivity contribution in [3.8, 4) is 0 Å². The Labute approximate surface area is 122 Å². The zero-order valence-corrected chi connectivity index (χ0v) is 11.3. The van der Waals surface area contributed by atoms with Crippen molar-refractivity contribution in [1.29, 1.82) is 0 Å². The molecular formula is C13H7N5O2S. The van der Waals surface area contributed by atoms with Crippen molar-refractivity contribution in [2.45, 2.75) is 9.92 Å². The van der Waals surface area contributed by atoms with Gasteiger partial charge in [-0.15, -0.1) is 0 Å². The lowest BCUT2D eigenvalue weighted by Crippen LogP contribution is -2.12. The van der Waals surface area contributed by atoms with Gasteiger partial charge in [0.2, 0.25) is 0 Å². The van der Waals surface area contributed by atoms with Gasteiger partial charge in [-0.3, -0.25) is 9.59 Å². The van der Waals surface area contributed by atoms with Crippen molar-refractivity contribution in [2.75, 3.05) is 5.32 Å². The number of hydrogen-bond donors (Lipinski definition) is 2. The molecule has 3 aromatic rings. The van der Waals surface area contributed by atoms with Crippen LogP contribution in [-0.4, -0.2) is 31.6 Å². The van der Waals surface area contributed by atoms with Crippen molar-refractivity contribution < 1.29 is 9.59 Å². The number of ketones is 1. The van der Waals surface area contributed by atoms with Gasteiger partial charge in [0, 0.05) is 4.90 Å². The molecule has 0 saturated carbocycles. The highest BCUT2D eigenvalue weighted by molar-refractivity contribution is 7.99. The molecule has 1 aliphatic rings. The fourth-order valence-corrected chi connectivity index (χ4v) is 3.01. The number of aromatic nitrogens is 4. The average molecular weight is 297 g/mol. The van der Waals surface area contributed by atoms with Crippen molar-refractivity contribution in [1.82, 2.24) is 19.9 Å². The van der Waals surface area contributed by atoms with Gasteiger partial charge in [0.05, 0.1) is 17.6 Å². The lowest BCUT2D eigenvalue weighted by atomic mass is 10.1. The standard InChI is InChI=1S/C13H7N5O2S/c19-10-7-2-1-6(3-8(7)18-12(10)20)21-13-9-11(15-4-14-9)16-5-17-13/h1-5H,(H,18,19,20)(H,14,15,16,17). The number of hydrogen-bond acceptors (Lipinski definition) is 6. The number of aromatic amines is 1. The molecule has 0 fully saturated rings. The van der Waals surface area contributed by atoms with Crippen LogP contribution in [0.15, 0.2) is 40.8 Å². The summed E-state index contributed by atoms with van der Waals surface area (Å²) in [5.74, 6) is -1.09. The molecule has 0 bridgehead atoms. The molecule has 4 rings (SSSR count). The van der Waals surface area contributed by atoms with E-state index in [-0.39, 0.29) is 0 Å². The van der Waals surface area contributed by atoms with E-state index >= 15 is 0 Å². The molecule has 8 heteroatoms. The molecule has 7 nitrogen and oxygen atoms in total. The number of rotatable bonds is 2. The fourth-order valence-electron chi connectivity index (χ4n) is 2.12. The van der Waals surface area contributed by atoms with Gasteiger partial charge in [-0.2, -0.15) is 0 Å². The first-order chi connectivity index (χ1) is 10.2. The number of nitrogens with zero attached hydrogens (tertiary/aromatic N) is 3. The summed E-state index contributed by atoms with van der Waals surface area (Å²) in [6.07, 6.45) is 3.01. The summed E-state index contributed by atoms with van der Waals surface area (Å²) >= 11 is 1.41. The lowest BCUT2D eigenvalue weighted by Gasteiger charge is -2.03. The molecule has 0 aliphatic carbocycles. The summed E-state index contributed by atoms with van der Waals surface area (Å²) < 4.78 is 0. The van der Waals surface area contributed by atoms with Crippen LogP contribution in [0.25, 0.3) is 11.2 Å². The molecule has 1 amide bonds. The van der Waals surface area contributed by atoms with Gasteiger partial charge in [0.15, 0.2) is 5.65 Å². The van der Waals surface area contributed by atoms with Gasteiger partial charge in [-0.25, -0.2) is 15.0 Å². The third-order valence-electron chi connectivity index (χ3n) is 3.09. The van der Waals surface area contributed by atoms with E-state index in [9.17, 15) is 9.59 Å². The summed E-state index contributed by atoms with van der Waals surface area (Å²) in [7, 11) is 0. The Kier molecular flexibility index (Phi) is 2.51. The van der Waals surface area contributed by atoms with Crippen LogP contribution >= 0.6 is 11.8 Å². The molecular weight excluding hydrogens is 290 g/mol. The fraction of sp³-hybridized carbons (Fsp3) is 0. The van der Waals surface area contributed by atoms with Gasteiger partial charge in [0.25, 0.3) is 11.7 Å². The highest BCUT2D eigenvalue weighted by Gasteiger charge is 2.27. The van der Waals surface area contributed by atoms with Crippen molar-refractivity contribution in [3.63, 3.8) is 0 Å². The zero-order chi connectivity index (χ0) is 14.4. The number of fused-ring (bicyclic) bond motifs is 2. The number of Topliss-reactive ketones (excluding diaryl/α,β-unsaturated/α-hetero) is 1. The minimum absolute atomic E-state index is 0.402. The van der Waals surface area contributed by atoms with E-state index in [1.165, 1.54) is 18.1 Å². The second-order valence-electron chi connectivity index (χ2n) is 4.37. The first kappa shape index (κ1) is 12.0. The van der Waals surface area contributed by atoms with Gasteiger partial charge < -0.3 is 10.3 Å². The van der Waals surface area contributed by atoms with E-state index in [0.29, 0.717) is 16.9 Å². The van der Waals surface area contributed by atoms with Crippen LogP contribution in [0.3, 0.4) is 0 Å². The van der Waals surface area contributed by atoms with Crippen molar-refractivity contribution >= 4 is 40.3 Å². The van der Waals surface area contributed by atoms with Crippen LogP contribution in [-0.2, 0) is 4.79 Å². The highest BCUT2D eigenvalue weighted by Crippen LogP contribution is 2.34. The molecule has 1 aromatic carbocycles. The van der Waals surface area contributed by atoms with E-state index in [1.807, 2.05) is 0 Å². The Morgan fingerprint density at radius 2 is 2.00 bits per heavy atom. The number of anilines is 1. The topological polar surface area (TPSA) is 101 Å². The predicted octanol–water partition coefficient (Wildman–Crippen LogP) is 1.64. The van der Waals surface area contributed by atoms with E-state index in [2.05, 4.69) is 25.3 Å². The molecule has 0 spiro atoms. The minimum Gasteiger partial charge on any atom is -0.341 e. The summed E-state index contributed by atoms with van der Waals surface area (Å²) in [6, 6.07) is 5.18. The van der Waals surface area contributed by atoms with Crippen LogP contribution in [0, 0.1) is 0 Å². The second-order valence-corrected chi connectivity index (χ2v) is 5.43. The highest BCUT2D eigenvalue weighted by atomic mass is 32.2. The van der Waals surface area contributed by atoms with Crippen molar-refractivity contribution in [3.05, 3.63) is 36.4 Å². The Bertz CT molecular complexity index is 904. The van der Waals surface area contributed by atoms with Crippen molar-refractivity contribution in [2.24, 2.45) is 0 Å². The first-order valence-corrected chi connectivity index (χ1v) is 6.86. The quantitative estimate of drug-likeness (QED) is 0.551. The number of benzene rings is 1. The monoisotopic (exact) mass is 297 g/mol. The zero-order valence-electron chi connectivity index (χ0n) is 10.5. The molecule has 0 atom stereocenters. The normalized spacial score (nSPS) is 13.5. The van der Waals surface area contributed by atoms with Gasteiger partial charge >= 0.3 is 0 Å². The van der Waals surface area contributed by atoms with Crippen LogP contribution in [0.2, 0.25) is 0 Å². The molecule has 3 heterocycles. The summed E-state index contributed by atoms with van der Waals surface area (Å²) in [5, 5.41) is 3.28. The third kappa shape index (κ3) is 1.88. The minimum atomic E-state index is -0.592.